The lowest BCUT2D eigenvalue weighted by molar-refractivity contribution is -0.121. The lowest BCUT2D eigenvalue weighted by atomic mass is 10.0. The number of rotatable bonds is 6. The molecule has 0 saturated heterocycles. The Morgan fingerprint density at radius 2 is 1.69 bits per heavy atom. The first-order valence-electron chi connectivity index (χ1n) is 9.96. The van der Waals surface area contributed by atoms with Crippen LogP contribution in [-0.2, 0) is 17.6 Å². The van der Waals surface area contributed by atoms with Gasteiger partial charge in [-0.2, -0.15) is 5.10 Å². The van der Waals surface area contributed by atoms with Gasteiger partial charge in [-0.25, -0.2) is 4.68 Å². The molecule has 29 heavy (non-hydrogen) atoms. The highest BCUT2D eigenvalue weighted by molar-refractivity contribution is 5.85. The molecule has 0 fully saturated rings. The molecule has 146 valence electrons. The van der Waals surface area contributed by atoms with Gasteiger partial charge in [0.05, 0.1) is 17.8 Å². The van der Waals surface area contributed by atoms with Gasteiger partial charge in [0.2, 0.25) is 5.91 Å². The molecular weight excluding hydrogens is 358 g/mol. The molecule has 0 aliphatic heterocycles. The van der Waals surface area contributed by atoms with Gasteiger partial charge in [0.25, 0.3) is 0 Å². The van der Waals surface area contributed by atoms with E-state index in [0.29, 0.717) is 6.42 Å². The Morgan fingerprint density at radius 3 is 2.48 bits per heavy atom. The first kappa shape index (κ1) is 18.9. The fourth-order valence-corrected chi connectivity index (χ4v) is 3.72. The highest BCUT2D eigenvalue weighted by atomic mass is 16.1. The smallest absolute Gasteiger partial charge is 0.224 e. The molecule has 4 rings (SSSR count). The van der Waals surface area contributed by atoms with Crippen LogP contribution in [0.15, 0.2) is 78.9 Å². The number of carbonyl (C=O) groups is 1. The summed E-state index contributed by atoms with van der Waals surface area (Å²) in [5.41, 5.74) is 4.12. The molecule has 1 unspecified atom stereocenters. The maximum absolute atomic E-state index is 12.6. The molecule has 1 heterocycles. The lowest BCUT2D eigenvalue weighted by Crippen LogP contribution is -2.35. The monoisotopic (exact) mass is 383 g/mol. The Morgan fingerprint density at radius 1 is 0.966 bits per heavy atom. The summed E-state index contributed by atoms with van der Waals surface area (Å²) in [7, 11) is 0. The second-order valence-electron chi connectivity index (χ2n) is 7.56. The number of aryl methyl sites for hydroxylation is 1. The molecule has 3 aromatic carbocycles. The van der Waals surface area contributed by atoms with Crippen molar-refractivity contribution < 1.29 is 4.79 Å². The predicted octanol–water partition coefficient (Wildman–Crippen LogP) is 4.62. The molecular formula is C25H25N3O. The SMILES string of the molecule is Cc1cc(CC(C)NC(=O)Cc2ccc3ccccc3c2)n(-c2ccccc2)n1. The van der Waals surface area contributed by atoms with E-state index in [1.807, 2.05) is 67.1 Å². The van der Waals surface area contributed by atoms with E-state index in [4.69, 9.17) is 0 Å². The molecule has 0 spiro atoms. The third kappa shape index (κ3) is 4.54. The van der Waals surface area contributed by atoms with Crippen molar-refractivity contribution in [3.63, 3.8) is 0 Å². The minimum atomic E-state index is 0.0153. The quantitative estimate of drug-likeness (QED) is 0.528. The lowest BCUT2D eigenvalue weighted by Gasteiger charge is -2.15. The first-order valence-corrected chi connectivity index (χ1v) is 9.96. The molecule has 4 nitrogen and oxygen atoms in total. The maximum atomic E-state index is 12.6. The van der Waals surface area contributed by atoms with Crippen LogP contribution in [0.4, 0.5) is 0 Å². The third-order valence-electron chi connectivity index (χ3n) is 5.01. The molecule has 0 aliphatic rings. The van der Waals surface area contributed by atoms with E-state index >= 15 is 0 Å². The summed E-state index contributed by atoms with van der Waals surface area (Å²) < 4.78 is 1.96. The van der Waals surface area contributed by atoms with Crippen LogP contribution in [-0.4, -0.2) is 21.7 Å². The van der Waals surface area contributed by atoms with Crippen LogP contribution < -0.4 is 5.32 Å². The van der Waals surface area contributed by atoms with Crippen LogP contribution in [0.2, 0.25) is 0 Å². The van der Waals surface area contributed by atoms with E-state index in [0.717, 1.165) is 34.4 Å². The normalized spacial score (nSPS) is 12.1. The second kappa shape index (κ2) is 8.31. The predicted molar refractivity (Wildman–Crippen MR) is 117 cm³/mol. The van der Waals surface area contributed by atoms with Crippen LogP contribution in [0.3, 0.4) is 0 Å². The van der Waals surface area contributed by atoms with Gasteiger partial charge in [-0.15, -0.1) is 0 Å². The number of hydrogen-bond acceptors (Lipinski definition) is 2. The standard InChI is InChI=1S/C25H25N3O/c1-18(14-24-15-19(2)27-28(24)23-10-4-3-5-11-23)26-25(29)17-20-12-13-21-8-6-7-9-22(21)16-20/h3-13,15-16,18H,14,17H2,1-2H3,(H,26,29). The molecule has 1 amide bonds. The summed E-state index contributed by atoms with van der Waals surface area (Å²) in [6.07, 6.45) is 1.10. The molecule has 4 heteroatoms. The average molecular weight is 383 g/mol. The van der Waals surface area contributed by atoms with Crippen LogP contribution in [0.5, 0.6) is 0 Å². The van der Waals surface area contributed by atoms with Gasteiger partial charge in [0, 0.05) is 18.2 Å². The molecule has 1 N–H and O–H groups in total. The number of benzene rings is 3. The van der Waals surface area contributed by atoms with Crippen LogP contribution in [0, 0.1) is 6.92 Å². The highest BCUT2D eigenvalue weighted by Crippen LogP contribution is 2.17. The van der Waals surface area contributed by atoms with Gasteiger partial charge in [-0.3, -0.25) is 4.79 Å². The fourth-order valence-electron chi connectivity index (χ4n) is 3.72. The minimum Gasteiger partial charge on any atom is -0.353 e. The zero-order valence-corrected chi connectivity index (χ0v) is 16.8. The molecule has 1 atom stereocenters. The van der Waals surface area contributed by atoms with Crippen molar-refractivity contribution in [3.8, 4) is 5.69 Å². The number of hydrogen-bond donors (Lipinski definition) is 1. The van der Waals surface area contributed by atoms with Gasteiger partial charge >= 0.3 is 0 Å². The Labute approximate surface area is 171 Å². The zero-order valence-electron chi connectivity index (χ0n) is 16.8. The molecule has 0 radical (unpaired) electrons. The van der Waals surface area contributed by atoms with Gasteiger partial charge in [0.15, 0.2) is 0 Å². The van der Waals surface area contributed by atoms with Crippen molar-refractivity contribution in [2.24, 2.45) is 0 Å². The Hall–Kier alpha value is -3.40. The summed E-state index contributed by atoms with van der Waals surface area (Å²) in [6, 6.07) is 26.6. The second-order valence-corrected chi connectivity index (χ2v) is 7.56. The molecule has 0 bridgehead atoms. The number of para-hydroxylation sites is 1. The summed E-state index contributed by atoms with van der Waals surface area (Å²) in [6.45, 7) is 4.03. The van der Waals surface area contributed by atoms with E-state index in [-0.39, 0.29) is 11.9 Å². The van der Waals surface area contributed by atoms with E-state index in [2.05, 4.69) is 40.7 Å². The van der Waals surface area contributed by atoms with E-state index in [1.165, 1.54) is 5.39 Å². The average Bonchev–Trinajstić information content (AvgIpc) is 3.08. The van der Waals surface area contributed by atoms with E-state index < -0.39 is 0 Å². The van der Waals surface area contributed by atoms with Gasteiger partial charge in [-0.05, 0) is 48.4 Å². The van der Waals surface area contributed by atoms with Crippen molar-refractivity contribution in [1.82, 2.24) is 15.1 Å². The molecule has 4 aromatic rings. The Kier molecular flexibility index (Phi) is 5.43. The van der Waals surface area contributed by atoms with Crippen molar-refractivity contribution in [3.05, 3.63) is 95.8 Å². The zero-order chi connectivity index (χ0) is 20.2. The van der Waals surface area contributed by atoms with Gasteiger partial charge < -0.3 is 5.32 Å². The highest BCUT2D eigenvalue weighted by Gasteiger charge is 2.14. The van der Waals surface area contributed by atoms with Crippen molar-refractivity contribution in [2.45, 2.75) is 32.7 Å². The van der Waals surface area contributed by atoms with Crippen LogP contribution in [0.25, 0.3) is 16.5 Å². The molecule has 0 saturated carbocycles. The summed E-state index contributed by atoms with van der Waals surface area (Å²) in [5, 5.41) is 10.1. The first-order chi connectivity index (χ1) is 14.1. The number of carbonyl (C=O) groups excluding carboxylic acids is 1. The molecule has 1 aromatic heterocycles. The summed E-state index contributed by atoms with van der Waals surface area (Å²) >= 11 is 0. The fraction of sp³-hybridized carbons (Fsp3) is 0.200. The van der Waals surface area contributed by atoms with Crippen molar-refractivity contribution >= 4 is 16.7 Å². The summed E-state index contributed by atoms with van der Waals surface area (Å²) in [5.74, 6) is 0.0373. The van der Waals surface area contributed by atoms with Crippen LogP contribution in [0.1, 0.15) is 23.9 Å². The van der Waals surface area contributed by atoms with Gasteiger partial charge in [0.1, 0.15) is 0 Å². The topological polar surface area (TPSA) is 46.9 Å². The number of fused-ring (bicyclic) bond motifs is 1. The summed E-state index contributed by atoms with van der Waals surface area (Å²) in [4.78, 5) is 12.6. The Bertz CT molecular complexity index is 1130. The number of nitrogens with zero attached hydrogens (tertiary/aromatic N) is 2. The molecule has 0 aliphatic carbocycles. The largest absolute Gasteiger partial charge is 0.353 e. The number of nitrogens with one attached hydrogen (secondary N) is 1. The third-order valence-corrected chi connectivity index (χ3v) is 5.01. The maximum Gasteiger partial charge on any atom is 0.224 e. The Balaban J connectivity index is 1.42. The van der Waals surface area contributed by atoms with Crippen LogP contribution >= 0.6 is 0 Å². The van der Waals surface area contributed by atoms with E-state index in [1.54, 1.807) is 0 Å². The van der Waals surface area contributed by atoms with Crippen molar-refractivity contribution in [1.29, 1.82) is 0 Å². The number of amides is 1. The number of aromatic nitrogens is 2. The van der Waals surface area contributed by atoms with Gasteiger partial charge in [-0.1, -0.05) is 60.7 Å². The van der Waals surface area contributed by atoms with Crippen molar-refractivity contribution in [2.75, 3.05) is 0 Å². The van der Waals surface area contributed by atoms with E-state index in [9.17, 15) is 4.79 Å². The minimum absolute atomic E-state index is 0.0153.